The molecule has 7 heteroatoms. The average Bonchev–Trinajstić information content (AvgIpc) is 2.66. The number of carbonyl (C=O) groups excluding carboxylic acids is 1. The molecule has 6 nitrogen and oxygen atoms in total. The van der Waals surface area contributed by atoms with Crippen molar-refractivity contribution in [3.8, 4) is 0 Å². The normalized spacial score (nSPS) is 10.7. The van der Waals surface area contributed by atoms with Gasteiger partial charge in [0.2, 0.25) is 5.91 Å². The Hall–Kier alpha value is -3.58. The Kier molecular flexibility index (Phi) is 5.53. The van der Waals surface area contributed by atoms with Crippen LogP contribution in [0.2, 0.25) is 0 Å². The number of nitro benzene ring substituents is 1. The van der Waals surface area contributed by atoms with Crippen LogP contribution in [0, 0.1) is 10.1 Å². The van der Waals surface area contributed by atoms with Crippen molar-refractivity contribution in [1.29, 1.82) is 0 Å². The number of nitro groups is 1. The molecule has 0 bridgehead atoms. The van der Waals surface area contributed by atoms with Crippen molar-refractivity contribution in [2.45, 2.75) is 0 Å². The maximum Gasteiger partial charge on any atom is 0.269 e. The lowest BCUT2D eigenvalue weighted by atomic mass is 10.0. The van der Waals surface area contributed by atoms with Gasteiger partial charge in [0, 0.05) is 23.9 Å². The van der Waals surface area contributed by atoms with E-state index in [0.717, 1.165) is 16.3 Å². The zero-order valence-corrected chi connectivity index (χ0v) is 14.9. The number of nitrogens with one attached hydrogen (secondary N) is 2. The number of anilines is 1. The van der Waals surface area contributed by atoms with Crippen LogP contribution in [0.15, 0.2) is 72.8 Å². The molecule has 3 aromatic carbocycles. The minimum atomic E-state index is -0.484. The smallest absolute Gasteiger partial charge is 0.269 e. The van der Waals surface area contributed by atoms with Gasteiger partial charge in [0.15, 0.2) is 5.11 Å². The van der Waals surface area contributed by atoms with Gasteiger partial charge >= 0.3 is 0 Å². The SMILES string of the molecule is O=C(C=Cc1cccc2ccccc12)NC(=S)Nc1ccc([N+](=O)[O-])cc1. The van der Waals surface area contributed by atoms with E-state index in [4.69, 9.17) is 12.2 Å². The monoisotopic (exact) mass is 377 g/mol. The van der Waals surface area contributed by atoms with Gasteiger partial charge in [-0.3, -0.25) is 20.2 Å². The van der Waals surface area contributed by atoms with E-state index in [-0.39, 0.29) is 16.7 Å². The molecule has 3 aromatic rings. The van der Waals surface area contributed by atoms with E-state index in [1.54, 1.807) is 6.08 Å². The maximum atomic E-state index is 12.1. The van der Waals surface area contributed by atoms with Gasteiger partial charge in [0.25, 0.3) is 5.69 Å². The number of hydrogen-bond donors (Lipinski definition) is 2. The summed E-state index contributed by atoms with van der Waals surface area (Å²) in [6.07, 6.45) is 3.14. The van der Waals surface area contributed by atoms with E-state index < -0.39 is 4.92 Å². The van der Waals surface area contributed by atoms with E-state index in [9.17, 15) is 14.9 Å². The molecule has 0 radical (unpaired) electrons. The highest BCUT2D eigenvalue weighted by Crippen LogP contribution is 2.19. The summed E-state index contributed by atoms with van der Waals surface area (Å²) in [6.45, 7) is 0. The van der Waals surface area contributed by atoms with Crippen LogP contribution < -0.4 is 10.6 Å². The van der Waals surface area contributed by atoms with Gasteiger partial charge < -0.3 is 5.32 Å². The fraction of sp³-hybridized carbons (Fsp3) is 0. The first-order chi connectivity index (χ1) is 13.0. The van der Waals surface area contributed by atoms with Crippen LogP contribution in [0.4, 0.5) is 11.4 Å². The molecule has 2 N–H and O–H groups in total. The molecule has 134 valence electrons. The molecule has 0 heterocycles. The summed E-state index contributed by atoms with van der Waals surface area (Å²) in [5.41, 5.74) is 1.45. The minimum Gasteiger partial charge on any atom is -0.332 e. The number of carbonyl (C=O) groups is 1. The Balaban J connectivity index is 1.62. The molecule has 0 aromatic heterocycles. The van der Waals surface area contributed by atoms with Crippen LogP contribution in [0.25, 0.3) is 16.8 Å². The first-order valence-corrected chi connectivity index (χ1v) is 8.46. The molecule has 0 unspecified atom stereocenters. The number of benzene rings is 3. The predicted octanol–water partition coefficient (Wildman–Crippen LogP) is 4.27. The van der Waals surface area contributed by atoms with Gasteiger partial charge in [0.05, 0.1) is 4.92 Å². The molecule has 0 aliphatic heterocycles. The molecule has 3 rings (SSSR count). The molecular weight excluding hydrogens is 362 g/mol. The molecule has 0 aliphatic rings. The van der Waals surface area contributed by atoms with Gasteiger partial charge in [-0.25, -0.2) is 0 Å². The first kappa shape index (κ1) is 18.2. The van der Waals surface area contributed by atoms with Crippen LogP contribution in [0.3, 0.4) is 0 Å². The summed E-state index contributed by atoms with van der Waals surface area (Å²) in [5, 5.41) is 18.3. The zero-order valence-electron chi connectivity index (χ0n) is 14.1. The Morgan fingerprint density at radius 3 is 2.44 bits per heavy atom. The first-order valence-electron chi connectivity index (χ1n) is 8.05. The molecule has 27 heavy (non-hydrogen) atoms. The molecule has 0 saturated carbocycles. The molecule has 0 fully saturated rings. The van der Waals surface area contributed by atoms with Crippen LogP contribution >= 0.6 is 12.2 Å². The van der Waals surface area contributed by atoms with Gasteiger partial charge in [0.1, 0.15) is 0 Å². The van der Waals surface area contributed by atoms with E-state index in [0.29, 0.717) is 5.69 Å². The highest BCUT2D eigenvalue weighted by Gasteiger charge is 2.06. The molecule has 0 aliphatic carbocycles. The van der Waals surface area contributed by atoms with Gasteiger partial charge in [-0.2, -0.15) is 0 Å². The average molecular weight is 377 g/mol. The fourth-order valence-electron chi connectivity index (χ4n) is 2.54. The number of non-ortho nitro benzene ring substituents is 1. The number of thiocarbonyl (C=S) groups is 1. The number of hydrogen-bond acceptors (Lipinski definition) is 4. The van der Waals surface area contributed by atoms with Crippen molar-refractivity contribution >= 4 is 51.5 Å². The second-order valence-electron chi connectivity index (χ2n) is 5.65. The number of amides is 1. The second-order valence-corrected chi connectivity index (χ2v) is 6.06. The summed E-state index contributed by atoms with van der Waals surface area (Å²) in [6, 6.07) is 19.5. The van der Waals surface area contributed by atoms with Crippen molar-refractivity contribution in [2.24, 2.45) is 0 Å². The quantitative estimate of drug-likeness (QED) is 0.307. The second kappa shape index (κ2) is 8.20. The summed E-state index contributed by atoms with van der Waals surface area (Å²) >= 11 is 5.09. The minimum absolute atomic E-state index is 0.0199. The van der Waals surface area contributed by atoms with E-state index >= 15 is 0 Å². The number of nitrogens with zero attached hydrogens (tertiary/aromatic N) is 1. The van der Waals surface area contributed by atoms with Crippen LogP contribution in [-0.4, -0.2) is 15.9 Å². The largest absolute Gasteiger partial charge is 0.332 e. The summed E-state index contributed by atoms with van der Waals surface area (Å²) in [5.74, 6) is -0.373. The lowest BCUT2D eigenvalue weighted by Crippen LogP contribution is -2.32. The Morgan fingerprint density at radius 1 is 1.00 bits per heavy atom. The Morgan fingerprint density at radius 2 is 1.70 bits per heavy atom. The maximum absolute atomic E-state index is 12.1. The number of rotatable bonds is 4. The molecule has 0 saturated heterocycles. The highest BCUT2D eigenvalue weighted by atomic mass is 32.1. The van der Waals surface area contributed by atoms with Gasteiger partial charge in [-0.1, -0.05) is 42.5 Å². The van der Waals surface area contributed by atoms with Crippen molar-refractivity contribution in [3.63, 3.8) is 0 Å². The topological polar surface area (TPSA) is 84.3 Å². The third-order valence-electron chi connectivity index (χ3n) is 3.81. The number of fused-ring (bicyclic) bond motifs is 1. The molecule has 0 spiro atoms. The highest BCUT2D eigenvalue weighted by molar-refractivity contribution is 7.80. The fourth-order valence-corrected chi connectivity index (χ4v) is 2.76. The van der Waals surface area contributed by atoms with Crippen LogP contribution in [0.5, 0.6) is 0 Å². The van der Waals surface area contributed by atoms with E-state index in [1.807, 2.05) is 42.5 Å². The van der Waals surface area contributed by atoms with Crippen LogP contribution in [0.1, 0.15) is 5.56 Å². The lowest BCUT2D eigenvalue weighted by molar-refractivity contribution is -0.384. The third-order valence-corrected chi connectivity index (χ3v) is 4.01. The van der Waals surface area contributed by atoms with Crippen molar-refractivity contribution in [2.75, 3.05) is 5.32 Å². The molecule has 0 atom stereocenters. The Labute approximate surface area is 160 Å². The van der Waals surface area contributed by atoms with Crippen molar-refractivity contribution in [1.82, 2.24) is 5.32 Å². The standard InChI is InChI=1S/C20H15N3O3S/c24-19(13-8-15-6-3-5-14-4-1-2-7-18(14)15)22-20(27)21-16-9-11-17(12-10-16)23(25)26/h1-13H,(H2,21,22,24,27). The summed E-state index contributed by atoms with van der Waals surface area (Å²) < 4.78 is 0. The summed E-state index contributed by atoms with van der Waals surface area (Å²) in [7, 11) is 0. The van der Waals surface area contributed by atoms with Crippen LogP contribution in [-0.2, 0) is 4.79 Å². The van der Waals surface area contributed by atoms with E-state index in [2.05, 4.69) is 10.6 Å². The lowest BCUT2D eigenvalue weighted by Gasteiger charge is -2.08. The Bertz CT molecular complexity index is 1040. The van der Waals surface area contributed by atoms with E-state index in [1.165, 1.54) is 30.3 Å². The predicted molar refractivity (Wildman–Crippen MR) is 110 cm³/mol. The third kappa shape index (κ3) is 4.74. The van der Waals surface area contributed by atoms with Crippen molar-refractivity contribution < 1.29 is 9.72 Å². The van der Waals surface area contributed by atoms with Gasteiger partial charge in [-0.05, 0) is 46.8 Å². The van der Waals surface area contributed by atoms with Gasteiger partial charge in [-0.15, -0.1) is 0 Å². The summed E-state index contributed by atoms with van der Waals surface area (Å²) in [4.78, 5) is 22.2. The zero-order chi connectivity index (χ0) is 19.2. The van der Waals surface area contributed by atoms with Crippen molar-refractivity contribution in [3.05, 3.63) is 88.5 Å². The molecule has 1 amide bonds. The molecular formula is C20H15N3O3S.